The Kier molecular flexibility index (Phi) is 9.54. The van der Waals surface area contributed by atoms with E-state index in [2.05, 4.69) is 21.7 Å². The lowest BCUT2D eigenvalue weighted by atomic mass is 10.1. The van der Waals surface area contributed by atoms with Crippen molar-refractivity contribution in [2.75, 3.05) is 25.6 Å². The summed E-state index contributed by atoms with van der Waals surface area (Å²) >= 11 is 6.03. The highest BCUT2D eigenvalue weighted by Gasteiger charge is 2.26. The van der Waals surface area contributed by atoms with E-state index in [9.17, 15) is 0 Å². The van der Waals surface area contributed by atoms with E-state index in [0.29, 0.717) is 5.92 Å². The fourth-order valence-corrected chi connectivity index (χ4v) is 2.79. The van der Waals surface area contributed by atoms with Gasteiger partial charge in [0.2, 0.25) is 0 Å². The summed E-state index contributed by atoms with van der Waals surface area (Å²) in [5, 5.41) is 7.45. The van der Waals surface area contributed by atoms with Crippen molar-refractivity contribution in [1.82, 2.24) is 10.3 Å². The van der Waals surface area contributed by atoms with E-state index in [1.165, 1.54) is 24.0 Å². The van der Waals surface area contributed by atoms with Gasteiger partial charge in [-0.25, -0.2) is 4.98 Å². The van der Waals surface area contributed by atoms with Gasteiger partial charge in [-0.3, -0.25) is 0 Å². The molecule has 7 heteroatoms. The lowest BCUT2D eigenvalue weighted by molar-refractivity contribution is 0.199. The Morgan fingerprint density at radius 3 is 2.72 bits per heavy atom. The molecule has 2 N–H and O–H groups in total. The van der Waals surface area contributed by atoms with E-state index < -0.39 is 0 Å². The van der Waals surface area contributed by atoms with Crippen molar-refractivity contribution in [2.24, 2.45) is 0 Å². The van der Waals surface area contributed by atoms with Crippen molar-refractivity contribution < 1.29 is 4.74 Å². The number of anilines is 2. The van der Waals surface area contributed by atoms with Crippen molar-refractivity contribution in [2.45, 2.75) is 25.3 Å². The summed E-state index contributed by atoms with van der Waals surface area (Å²) in [7, 11) is 1.72. The first kappa shape index (κ1) is 22.0. The van der Waals surface area contributed by atoms with Crippen LogP contribution in [0.15, 0.2) is 36.5 Å². The molecular weight excluding hydrogens is 381 g/mol. The number of nitrogens with zero attached hydrogens (tertiary/aromatic N) is 1. The molecule has 4 nitrogen and oxygen atoms in total. The SMILES string of the molecule is COCCNCc1cnc(Nc2cccc(Cl)c2)cc1C1CC1.Cl.Cl. The average molecular weight is 405 g/mol. The molecular formula is C18H24Cl3N3O. The number of nitrogens with one attached hydrogen (secondary N) is 2. The molecule has 0 unspecified atom stereocenters. The summed E-state index contributed by atoms with van der Waals surface area (Å²) in [6, 6.07) is 9.86. The van der Waals surface area contributed by atoms with Crippen molar-refractivity contribution in [3.05, 3.63) is 52.7 Å². The van der Waals surface area contributed by atoms with Gasteiger partial charge in [-0.15, -0.1) is 24.8 Å². The molecule has 0 bridgehead atoms. The van der Waals surface area contributed by atoms with Crippen LogP contribution in [0.25, 0.3) is 0 Å². The van der Waals surface area contributed by atoms with Crippen molar-refractivity contribution in [3.63, 3.8) is 0 Å². The zero-order valence-corrected chi connectivity index (χ0v) is 16.5. The standard InChI is InChI=1S/C18H22ClN3O.2ClH/c1-23-8-7-20-11-14-12-21-18(10-17(14)13-5-6-13)22-16-4-2-3-15(19)9-16;;/h2-4,9-10,12-13,20H,5-8,11H2,1H3,(H,21,22);2*1H. The van der Waals surface area contributed by atoms with Gasteiger partial charge in [0, 0.05) is 37.1 Å². The van der Waals surface area contributed by atoms with Crippen LogP contribution in [-0.2, 0) is 11.3 Å². The molecule has 0 saturated heterocycles. The molecule has 0 amide bonds. The minimum Gasteiger partial charge on any atom is -0.383 e. The molecule has 1 aromatic heterocycles. The number of halogens is 3. The Morgan fingerprint density at radius 1 is 1.24 bits per heavy atom. The third-order valence-corrected chi connectivity index (χ3v) is 4.17. The molecule has 2 aromatic rings. The summed E-state index contributed by atoms with van der Waals surface area (Å²) in [6.45, 7) is 2.41. The average Bonchev–Trinajstić information content (AvgIpc) is 3.37. The first-order chi connectivity index (χ1) is 11.3. The molecule has 138 valence electrons. The summed E-state index contributed by atoms with van der Waals surface area (Å²) in [5.41, 5.74) is 3.63. The molecule has 25 heavy (non-hydrogen) atoms. The molecule has 0 radical (unpaired) electrons. The zero-order valence-electron chi connectivity index (χ0n) is 14.1. The first-order valence-corrected chi connectivity index (χ1v) is 8.35. The monoisotopic (exact) mass is 403 g/mol. The molecule has 1 aliphatic rings. The number of ether oxygens (including phenoxy) is 1. The number of aromatic nitrogens is 1. The van der Waals surface area contributed by atoms with Crippen LogP contribution in [0.1, 0.15) is 29.9 Å². The predicted octanol–water partition coefficient (Wildman–Crippen LogP) is 4.94. The van der Waals surface area contributed by atoms with Gasteiger partial charge >= 0.3 is 0 Å². The number of rotatable bonds is 8. The van der Waals surface area contributed by atoms with E-state index in [0.717, 1.165) is 36.2 Å². The topological polar surface area (TPSA) is 46.2 Å². The quantitative estimate of drug-likeness (QED) is 0.612. The largest absolute Gasteiger partial charge is 0.383 e. The minimum absolute atomic E-state index is 0. The molecule has 1 heterocycles. The highest BCUT2D eigenvalue weighted by Crippen LogP contribution is 2.42. The van der Waals surface area contributed by atoms with Gasteiger partial charge in [0.1, 0.15) is 5.82 Å². The van der Waals surface area contributed by atoms with Crippen LogP contribution >= 0.6 is 36.4 Å². The molecule has 0 atom stereocenters. The highest BCUT2D eigenvalue weighted by molar-refractivity contribution is 6.30. The Bertz CT molecular complexity index is 666. The van der Waals surface area contributed by atoms with E-state index in [4.69, 9.17) is 16.3 Å². The minimum atomic E-state index is 0. The number of hydrogen-bond donors (Lipinski definition) is 2. The van der Waals surface area contributed by atoms with Crippen LogP contribution in [0.5, 0.6) is 0 Å². The van der Waals surface area contributed by atoms with Crippen LogP contribution < -0.4 is 10.6 Å². The molecule has 1 saturated carbocycles. The van der Waals surface area contributed by atoms with Gasteiger partial charge in [0.15, 0.2) is 0 Å². The van der Waals surface area contributed by atoms with E-state index >= 15 is 0 Å². The molecule has 1 aliphatic carbocycles. The van der Waals surface area contributed by atoms with Gasteiger partial charge < -0.3 is 15.4 Å². The third kappa shape index (κ3) is 6.65. The number of pyridine rings is 1. The van der Waals surface area contributed by atoms with Crippen LogP contribution in [0.3, 0.4) is 0 Å². The van der Waals surface area contributed by atoms with Crippen molar-refractivity contribution in [3.8, 4) is 0 Å². The molecule has 1 fully saturated rings. The number of methoxy groups -OCH3 is 1. The van der Waals surface area contributed by atoms with Crippen LogP contribution in [0.4, 0.5) is 11.5 Å². The number of hydrogen-bond acceptors (Lipinski definition) is 4. The maximum atomic E-state index is 6.03. The molecule has 0 aliphatic heterocycles. The first-order valence-electron chi connectivity index (χ1n) is 7.97. The number of benzene rings is 1. The Morgan fingerprint density at radius 2 is 2.04 bits per heavy atom. The smallest absolute Gasteiger partial charge is 0.130 e. The normalized spacial score (nSPS) is 12.9. The van der Waals surface area contributed by atoms with Gasteiger partial charge in [-0.2, -0.15) is 0 Å². The predicted molar refractivity (Wildman–Crippen MR) is 109 cm³/mol. The summed E-state index contributed by atoms with van der Waals surface area (Å²) in [5.74, 6) is 1.55. The maximum absolute atomic E-state index is 6.03. The third-order valence-electron chi connectivity index (χ3n) is 3.94. The van der Waals surface area contributed by atoms with Crippen LogP contribution in [0.2, 0.25) is 5.02 Å². The summed E-state index contributed by atoms with van der Waals surface area (Å²) in [4.78, 5) is 4.55. The zero-order chi connectivity index (χ0) is 16.1. The summed E-state index contributed by atoms with van der Waals surface area (Å²) in [6.07, 6.45) is 4.51. The maximum Gasteiger partial charge on any atom is 0.130 e. The Hall–Kier alpha value is -1.04. The molecule has 1 aromatic carbocycles. The second kappa shape index (κ2) is 10.8. The molecule has 0 spiro atoms. The van der Waals surface area contributed by atoms with Crippen molar-refractivity contribution >= 4 is 47.9 Å². The Balaban J connectivity index is 0.00000156. The highest BCUT2D eigenvalue weighted by atomic mass is 35.5. The van der Waals surface area contributed by atoms with E-state index in [-0.39, 0.29) is 24.8 Å². The van der Waals surface area contributed by atoms with Crippen LogP contribution in [0, 0.1) is 0 Å². The second-order valence-electron chi connectivity index (χ2n) is 5.85. The van der Waals surface area contributed by atoms with E-state index in [1.54, 1.807) is 7.11 Å². The van der Waals surface area contributed by atoms with Gasteiger partial charge in [-0.05, 0) is 54.2 Å². The lowest BCUT2D eigenvalue weighted by Gasteiger charge is -2.13. The second-order valence-corrected chi connectivity index (χ2v) is 6.28. The van der Waals surface area contributed by atoms with Gasteiger partial charge in [0.05, 0.1) is 6.61 Å². The lowest BCUT2D eigenvalue weighted by Crippen LogP contribution is -2.19. The Labute approximate surface area is 166 Å². The van der Waals surface area contributed by atoms with Crippen LogP contribution in [-0.4, -0.2) is 25.2 Å². The van der Waals surface area contributed by atoms with Gasteiger partial charge in [0.25, 0.3) is 0 Å². The van der Waals surface area contributed by atoms with Crippen molar-refractivity contribution in [1.29, 1.82) is 0 Å². The fraction of sp³-hybridized carbons (Fsp3) is 0.389. The summed E-state index contributed by atoms with van der Waals surface area (Å²) < 4.78 is 5.07. The van der Waals surface area contributed by atoms with E-state index in [1.807, 2.05) is 30.5 Å². The van der Waals surface area contributed by atoms with Gasteiger partial charge in [-0.1, -0.05) is 17.7 Å². The molecule has 3 rings (SSSR count). The fourth-order valence-electron chi connectivity index (χ4n) is 2.60.